The van der Waals surface area contributed by atoms with Crippen LogP contribution in [0.2, 0.25) is 0 Å². The van der Waals surface area contributed by atoms with Crippen molar-refractivity contribution in [2.45, 2.75) is 43.5 Å². The van der Waals surface area contributed by atoms with Gasteiger partial charge < -0.3 is 30.3 Å². The van der Waals surface area contributed by atoms with Gasteiger partial charge in [0, 0.05) is 6.42 Å². The van der Waals surface area contributed by atoms with Crippen molar-refractivity contribution in [3.8, 4) is 0 Å². The lowest BCUT2D eigenvalue weighted by atomic mass is 9.93. The van der Waals surface area contributed by atoms with E-state index in [0.717, 1.165) is 0 Å². The van der Waals surface area contributed by atoms with Crippen molar-refractivity contribution in [1.29, 1.82) is 0 Å². The zero-order valence-electron chi connectivity index (χ0n) is 7.87. The Balaban J connectivity index is 2.69. The highest BCUT2D eigenvalue weighted by atomic mass is 16.6. The van der Waals surface area contributed by atoms with Gasteiger partial charge in [0.05, 0.1) is 12.7 Å². The van der Waals surface area contributed by atoms with Crippen molar-refractivity contribution in [3.63, 3.8) is 0 Å². The Labute approximate surface area is 81.4 Å². The van der Waals surface area contributed by atoms with E-state index in [2.05, 4.69) is 0 Å². The third-order valence-electron chi connectivity index (χ3n) is 2.27. The fourth-order valence-electron chi connectivity index (χ4n) is 1.49. The summed E-state index contributed by atoms with van der Waals surface area (Å²) >= 11 is 0. The molecule has 84 valence electrons. The molecule has 0 aromatic carbocycles. The van der Waals surface area contributed by atoms with Crippen LogP contribution < -0.4 is 0 Å². The molecule has 1 aliphatic rings. The van der Waals surface area contributed by atoms with Crippen LogP contribution in [-0.4, -0.2) is 62.3 Å². The summed E-state index contributed by atoms with van der Waals surface area (Å²) in [5, 5.41) is 46.5. The molecule has 1 saturated heterocycles. The zero-order valence-corrected chi connectivity index (χ0v) is 7.87. The van der Waals surface area contributed by atoms with Crippen LogP contribution in [0.4, 0.5) is 0 Å². The van der Waals surface area contributed by atoms with Crippen LogP contribution in [0.15, 0.2) is 0 Å². The molecule has 0 aromatic heterocycles. The number of aliphatic hydroxyl groups excluding tert-OH is 4. The molecule has 1 aliphatic heterocycles. The van der Waals surface area contributed by atoms with Crippen molar-refractivity contribution < 1.29 is 30.3 Å². The molecule has 1 fully saturated rings. The zero-order chi connectivity index (χ0) is 10.9. The first-order chi connectivity index (χ1) is 6.37. The Bertz CT molecular complexity index is 196. The molecule has 0 aliphatic carbocycles. The predicted molar refractivity (Wildman–Crippen MR) is 45.2 cm³/mol. The van der Waals surface area contributed by atoms with Gasteiger partial charge in [0.25, 0.3) is 0 Å². The maximum atomic E-state index is 9.70. The SMILES string of the molecule is CC(O)C[C@@]1(O)OC[C@@H](O)[C@H](O)[C@@H]1O. The van der Waals surface area contributed by atoms with Gasteiger partial charge in [0.1, 0.15) is 18.3 Å². The lowest BCUT2D eigenvalue weighted by Gasteiger charge is -2.42. The third-order valence-corrected chi connectivity index (χ3v) is 2.27. The van der Waals surface area contributed by atoms with E-state index in [1.165, 1.54) is 6.92 Å². The molecule has 1 rings (SSSR count). The van der Waals surface area contributed by atoms with Gasteiger partial charge in [0.2, 0.25) is 0 Å². The fourth-order valence-corrected chi connectivity index (χ4v) is 1.49. The largest absolute Gasteiger partial charge is 0.393 e. The van der Waals surface area contributed by atoms with E-state index in [1.54, 1.807) is 0 Å². The Morgan fingerprint density at radius 2 is 2.00 bits per heavy atom. The van der Waals surface area contributed by atoms with E-state index in [4.69, 9.17) is 14.9 Å². The van der Waals surface area contributed by atoms with Gasteiger partial charge in [-0.25, -0.2) is 0 Å². The molecule has 0 amide bonds. The normalized spacial score (nSPS) is 46.3. The molecule has 14 heavy (non-hydrogen) atoms. The van der Waals surface area contributed by atoms with Crippen molar-refractivity contribution >= 4 is 0 Å². The monoisotopic (exact) mass is 208 g/mol. The number of hydrogen-bond donors (Lipinski definition) is 5. The summed E-state index contributed by atoms with van der Waals surface area (Å²) in [6, 6.07) is 0. The summed E-state index contributed by atoms with van der Waals surface area (Å²) in [5.41, 5.74) is 0. The smallest absolute Gasteiger partial charge is 0.197 e. The van der Waals surface area contributed by atoms with Crippen LogP contribution in [0.3, 0.4) is 0 Å². The average molecular weight is 208 g/mol. The second-order valence-corrected chi connectivity index (χ2v) is 3.71. The van der Waals surface area contributed by atoms with Crippen molar-refractivity contribution in [2.24, 2.45) is 0 Å². The van der Waals surface area contributed by atoms with Gasteiger partial charge in [0.15, 0.2) is 5.79 Å². The fraction of sp³-hybridized carbons (Fsp3) is 1.00. The number of hydrogen-bond acceptors (Lipinski definition) is 6. The standard InChI is InChI=1S/C8H16O6/c1-4(9)2-8(13)7(12)6(11)5(10)3-14-8/h4-7,9-13H,2-3H2,1H3/t4?,5-,6+,7+,8-/m1/s1. The van der Waals surface area contributed by atoms with Crippen LogP contribution in [0.25, 0.3) is 0 Å². The molecule has 0 aromatic rings. The Hall–Kier alpha value is -0.240. The molecule has 0 bridgehead atoms. The summed E-state index contributed by atoms with van der Waals surface area (Å²) in [5.74, 6) is -1.99. The van der Waals surface area contributed by atoms with Crippen molar-refractivity contribution in [2.75, 3.05) is 6.61 Å². The first-order valence-corrected chi connectivity index (χ1v) is 4.45. The average Bonchev–Trinajstić information content (AvgIpc) is 2.08. The summed E-state index contributed by atoms with van der Waals surface area (Å²) < 4.78 is 4.81. The second kappa shape index (κ2) is 4.09. The highest BCUT2D eigenvalue weighted by Crippen LogP contribution is 2.27. The van der Waals surface area contributed by atoms with Gasteiger partial charge in [-0.1, -0.05) is 0 Å². The molecule has 5 atom stereocenters. The van der Waals surface area contributed by atoms with E-state index in [-0.39, 0.29) is 13.0 Å². The number of ether oxygens (including phenoxy) is 1. The predicted octanol–water partition coefficient (Wildman–Crippen LogP) is -2.44. The lowest BCUT2D eigenvalue weighted by Crippen LogP contribution is -2.61. The topological polar surface area (TPSA) is 110 Å². The Morgan fingerprint density at radius 3 is 2.50 bits per heavy atom. The minimum absolute atomic E-state index is 0.224. The second-order valence-electron chi connectivity index (χ2n) is 3.71. The van der Waals surface area contributed by atoms with E-state index in [1.807, 2.05) is 0 Å². The molecule has 0 spiro atoms. The van der Waals surface area contributed by atoms with Gasteiger partial charge in [-0.15, -0.1) is 0 Å². The Kier molecular flexibility index (Phi) is 3.46. The number of aliphatic hydroxyl groups is 5. The summed E-state index contributed by atoms with van der Waals surface area (Å²) in [6.45, 7) is 1.15. The van der Waals surface area contributed by atoms with E-state index >= 15 is 0 Å². The van der Waals surface area contributed by atoms with Crippen LogP contribution in [0.5, 0.6) is 0 Å². The summed E-state index contributed by atoms with van der Waals surface area (Å²) in [6.07, 6.45) is -5.41. The summed E-state index contributed by atoms with van der Waals surface area (Å²) in [4.78, 5) is 0. The van der Waals surface area contributed by atoms with E-state index in [0.29, 0.717) is 0 Å². The molecular weight excluding hydrogens is 192 g/mol. The highest BCUT2D eigenvalue weighted by Gasteiger charge is 2.48. The lowest BCUT2D eigenvalue weighted by molar-refractivity contribution is -0.328. The maximum absolute atomic E-state index is 9.70. The molecule has 0 radical (unpaired) electrons. The first-order valence-electron chi connectivity index (χ1n) is 4.45. The van der Waals surface area contributed by atoms with Crippen LogP contribution in [0.1, 0.15) is 13.3 Å². The molecule has 6 heteroatoms. The molecular formula is C8H16O6. The molecule has 1 unspecified atom stereocenters. The highest BCUT2D eigenvalue weighted by molar-refractivity contribution is 4.92. The number of rotatable bonds is 2. The van der Waals surface area contributed by atoms with Crippen LogP contribution in [0, 0.1) is 0 Å². The molecule has 1 heterocycles. The van der Waals surface area contributed by atoms with E-state index in [9.17, 15) is 15.3 Å². The molecule has 6 nitrogen and oxygen atoms in total. The molecule has 0 saturated carbocycles. The van der Waals surface area contributed by atoms with Crippen LogP contribution >= 0.6 is 0 Å². The first kappa shape index (κ1) is 11.8. The van der Waals surface area contributed by atoms with Crippen molar-refractivity contribution in [1.82, 2.24) is 0 Å². The molecule has 5 N–H and O–H groups in total. The quantitative estimate of drug-likeness (QED) is 0.345. The minimum Gasteiger partial charge on any atom is -0.393 e. The maximum Gasteiger partial charge on any atom is 0.197 e. The van der Waals surface area contributed by atoms with E-state index < -0.39 is 30.2 Å². The van der Waals surface area contributed by atoms with Gasteiger partial charge in [-0.05, 0) is 6.92 Å². The van der Waals surface area contributed by atoms with Crippen molar-refractivity contribution in [3.05, 3.63) is 0 Å². The van der Waals surface area contributed by atoms with Gasteiger partial charge in [-0.2, -0.15) is 0 Å². The third kappa shape index (κ3) is 2.22. The minimum atomic E-state index is -1.99. The van der Waals surface area contributed by atoms with Gasteiger partial charge >= 0.3 is 0 Å². The van der Waals surface area contributed by atoms with Crippen LogP contribution in [-0.2, 0) is 4.74 Å². The Morgan fingerprint density at radius 1 is 1.43 bits per heavy atom. The summed E-state index contributed by atoms with van der Waals surface area (Å²) in [7, 11) is 0. The van der Waals surface area contributed by atoms with Gasteiger partial charge in [-0.3, -0.25) is 0 Å².